The van der Waals surface area contributed by atoms with E-state index < -0.39 is 8.07 Å². The molecule has 3 aromatic rings. The van der Waals surface area contributed by atoms with Crippen LogP contribution < -0.4 is 9.24 Å². The van der Waals surface area contributed by atoms with Gasteiger partial charge < -0.3 is 4.74 Å². The highest BCUT2D eigenvalue weighted by molar-refractivity contribution is 7.32. The molecule has 3 heteroatoms. The lowest BCUT2D eigenvalue weighted by molar-refractivity contribution is 0.415. The zero-order chi connectivity index (χ0) is 17.2. The SMILES string of the molecule is CC[Si](CC)(CC)c1cc2cccc(-c3ccc(OC)cc3)c2s1. The summed E-state index contributed by atoms with van der Waals surface area (Å²) in [4.78, 5) is 0. The van der Waals surface area contributed by atoms with Crippen LogP contribution in [-0.4, -0.2) is 15.2 Å². The normalized spacial score (nSPS) is 11.8. The minimum Gasteiger partial charge on any atom is -0.497 e. The van der Waals surface area contributed by atoms with Crippen molar-refractivity contribution in [1.29, 1.82) is 0 Å². The molecule has 0 spiro atoms. The first-order chi connectivity index (χ1) is 11.7. The minimum absolute atomic E-state index is 0.909. The number of hydrogen-bond donors (Lipinski definition) is 0. The standard InChI is InChI=1S/C21H26OSSi/c1-5-24(6-2,7-3)20-15-17-9-8-10-19(21(17)23-20)16-11-13-18(22-4)14-12-16/h8-15H,5-7H2,1-4H3. The van der Waals surface area contributed by atoms with Crippen molar-refractivity contribution < 1.29 is 4.74 Å². The third-order valence-electron chi connectivity index (χ3n) is 5.50. The molecule has 0 saturated carbocycles. The van der Waals surface area contributed by atoms with Gasteiger partial charge in [0.1, 0.15) is 5.75 Å². The van der Waals surface area contributed by atoms with Crippen LogP contribution in [0.1, 0.15) is 20.8 Å². The van der Waals surface area contributed by atoms with Gasteiger partial charge in [0.15, 0.2) is 0 Å². The number of rotatable bonds is 6. The van der Waals surface area contributed by atoms with E-state index in [0.717, 1.165) is 5.75 Å². The molecule has 1 heterocycles. The molecule has 0 aliphatic heterocycles. The third kappa shape index (κ3) is 2.91. The van der Waals surface area contributed by atoms with Crippen LogP contribution in [0.5, 0.6) is 5.75 Å². The summed E-state index contributed by atoms with van der Waals surface area (Å²) in [5.74, 6) is 0.909. The van der Waals surface area contributed by atoms with E-state index in [4.69, 9.17) is 4.74 Å². The molecular weight excluding hydrogens is 328 g/mol. The third-order valence-corrected chi connectivity index (χ3v) is 13.4. The summed E-state index contributed by atoms with van der Waals surface area (Å²) in [6.45, 7) is 7.15. The Hall–Kier alpha value is -1.58. The molecule has 0 fully saturated rings. The van der Waals surface area contributed by atoms with Crippen LogP contribution >= 0.6 is 11.3 Å². The number of fused-ring (bicyclic) bond motifs is 1. The van der Waals surface area contributed by atoms with E-state index in [0.29, 0.717) is 0 Å². The van der Waals surface area contributed by atoms with E-state index in [1.807, 2.05) is 23.5 Å². The first-order valence-electron chi connectivity index (χ1n) is 8.85. The molecule has 0 aliphatic carbocycles. The van der Waals surface area contributed by atoms with Crippen LogP contribution in [0.25, 0.3) is 21.2 Å². The van der Waals surface area contributed by atoms with Gasteiger partial charge in [-0.15, -0.1) is 11.3 Å². The Morgan fingerprint density at radius 1 is 0.917 bits per heavy atom. The average Bonchev–Trinajstić information content (AvgIpc) is 3.08. The molecule has 0 radical (unpaired) electrons. The van der Waals surface area contributed by atoms with Crippen molar-refractivity contribution in [1.82, 2.24) is 0 Å². The first kappa shape index (κ1) is 17.2. The van der Waals surface area contributed by atoms with E-state index in [9.17, 15) is 0 Å². The second-order valence-corrected chi connectivity index (χ2v) is 13.0. The van der Waals surface area contributed by atoms with Gasteiger partial charge in [-0.3, -0.25) is 0 Å². The van der Waals surface area contributed by atoms with Crippen molar-refractivity contribution in [3.05, 3.63) is 48.5 Å². The van der Waals surface area contributed by atoms with Gasteiger partial charge in [0.2, 0.25) is 0 Å². The topological polar surface area (TPSA) is 9.23 Å². The van der Waals surface area contributed by atoms with E-state index >= 15 is 0 Å². The zero-order valence-electron chi connectivity index (χ0n) is 15.1. The molecule has 0 unspecified atom stereocenters. The fourth-order valence-corrected chi connectivity index (χ4v) is 10.0. The molecule has 3 rings (SSSR count). The average molecular weight is 355 g/mol. The first-order valence-corrected chi connectivity index (χ1v) is 12.3. The number of methoxy groups -OCH3 is 1. The van der Waals surface area contributed by atoms with Crippen LogP contribution in [-0.2, 0) is 0 Å². The molecule has 0 bridgehead atoms. The monoisotopic (exact) mass is 354 g/mol. The van der Waals surface area contributed by atoms with Crippen molar-refractivity contribution in [3.63, 3.8) is 0 Å². The Bertz CT molecular complexity index is 807. The Morgan fingerprint density at radius 2 is 1.58 bits per heavy atom. The Kier molecular flexibility index (Phi) is 5.11. The van der Waals surface area contributed by atoms with Crippen LogP contribution in [0.2, 0.25) is 18.1 Å². The van der Waals surface area contributed by atoms with Gasteiger partial charge in [0.25, 0.3) is 0 Å². The molecule has 0 N–H and O–H groups in total. The van der Waals surface area contributed by atoms with Crippen LogP contribution in [0, 0.1) is 0 Å². The van der Waals surface area contributed by atoms with E-state index in [2.05, 4.69) is 57.2 Å². The quantitative estimate of drug-likeness (QED) is 0.472. The molecule has 1 nitrogen and oxygen atoms in total. The Balaban J connectivity index is 2.13. The van der Waals surface area contributed by atoms with Crippen molar-refractivity contribution in [2.45, 2.75) is 38.9 Å². The molecule has 126 valence electrons. The number of benzene rings is 2. The highest BCUT2D eigenvalue weighted by atomic mass is 32.1. The maximum atomic E-state index is 5.29. The van der Waals surface area contributed by atoms with E-state index in [-0.39, 0.29) is 0 Å². The second-order valence-electron chi connectivity index (χ2n) is 6.40. The Labute approximate surface area is 150 Å². The smallest absolute Gasteiger partial charge is 0.118 e. The van der Waals surface area contributed by atoms with E-state index in [1.165, 1.54) is 39.3 Å². The van der Waals surface area contributed by atoms with Gasteiger partial charge in [-0.05, 0) is 39.2 Å². The fraction of sp³-hybridized carbons (Fsp3) is 0.333. The maximum absolute atomic E-state index is 5.29. The van der Waals surface area contributed by atoms with Crippen LogP contribution in [0.15, 0.2) is 48.5 Å². The molecule has 24 heavy (non-hydrogen) atoms. The summed E-state index contributed by atoms with van der Waals surface area (Å²) < 4.78 is 8.40. The van der Waals surface area contributed by atoms with E-state index in [1.54, 1.807) is 11.6 Å². The minimum atomic E-state index is -1.32. The molecule has 0 atom stereocenters. The molecular formula is C21H26OSSi. The molecule has 0 aliphatic rings. The van der Waals surface area contributed by atoms with Gasteiger partial charge in [-0.25, -0.2) is 0 Å². The number of ether oxygens (including phenoxy) is 1. The summed E-state index contributed by atoms with van der Waals surface area (Å²) in [6, 6.07) is 21.6. The van der Waals surface area contributed by atoms with Gasteiger partial charge in [0.05, 0.1) is 15.2 Å². The summed E-state index contributed by atoms with van der Waals surface area (Å²) in [7, 11) is 0.397. The van der Waals surface area contributed by atoms with Crippen LogP contribution in [0.3, 0.4) is 0 Å². The molecule has 0 saturated heterocycles. The summed E-state index contributed by atoms with van der Waals surface area (Å²) in [6.07, 6.45) is 0. The zero-order valence-corrected chi connectivity index (χ0v) is 16.9. The Morgan fingerprint density at radius 3 is 2.17 bits per heavy atom. The predicted molar refractivity (Wildman–Crippen MR) is 111 cm³/mol. The van der Waals surface area contributed by atoms with Gasteiger partial charge in [0, 0.05) is 4.70 Å². The van der Waals surface area contributed by atoms with Gasteiger partial charge >= 0.3 is 0 Å². The number of hydrogen-bond acceptors (Lipinski definition) is 2. The second kappa shape index (κ2) is 7.12. The van der Waals surface area contributed by atoms with Crippen molar-refractivity contribution in [2.75, 3.05) is 7.11 Å². The highest BCUT2D eigenvalue weighted by Gasteiger charge is 2.31. The lowest BCUT2D eigenvalue weighted by atomic mass is 10.0. The van der Waals surface area contributed by atoms with Crippen LogP contribution in [0.4, 0.5) is 0 Å². The maximum Gasteiger partial charge on any atom is 0.118 e. The highest BCUT2D eigenvalue weighted by Crippen LogP contribution is 2.35. The van der Waals surface area contributed by atoms with Gasteiger partial charge in [-0.2, -0.15) is 0 Å². The molecule has 0 amide bonds. The van der Waals surface area contributed by atoms with Crippen molar-refractivity contribution >= 4 is 34.0 Å². The summed E-state index contributed by atoms with van der Waals surface area (Å²) in [5, 5.41) is 1.40. The largest absolute Gasteiger partial charge is 0.497 e. The van der Waals surface area contributed by atoms with Crippen molar-refractivity contribution in [2.24, 2.45) is 0 Å². The molecule has 2 aromatic carbocycles. The summed E-state index contributed by atoms with van der Waals surface area (Å²) >= 11 is 2.04. The predicted octanol–water partition coefficient (Wildman–Crippen LogP) is 6.29. The number of thiophene rings is 1. The lowest BCUT2D eigenvalue weighted by Gasteiger charge is -2.26. The summed E-state index contributed by atoms with van der Waals surface area (Å²) in [5.41, 5.74) is 2.61. The molecule has 1 aromatic heterocycles. The fourth-order valence-electron chi connectivity index (χ4n) is 3.60. The van der Waals surface area contributed by atoms with Crippen molar-refractivity contribution in [3.8, 4) is 16.9 Å². The van der Waals surface area contributed by atoms with Gasteiger partial charge in [-0.1, -0.05) is 69.2 Å². The lowest BCUT2D eigenvalue weighted by Crippen LogP contribution is -2.43.